The molecule has 3 nitrogen and oxygen atoms in total. The fourth-order valence-corrected chi connectivity index (χ4v) is 2.29. The number of aromatic amines is 1. The Morgan fingerprint density at radius 3 is 2.89 bits per heavy atom. The molecule has 0 aliphatic heterocycles. The van der Waals surface area contributed by atoms with E-state index in [4.69, 9.17) is 16.6 Å². The Hall–Kier alpha value is -1.46. The summed E-state index contributed by atoms with van der Waals surface area (Å²) < 4.78 is 6.88. The van der Waals surface area contributed by atoms with Crippen molar-refractivity contribution in [1.82, 2.24) is 9.97 Å². The minimum atomic E-state index is 0.548. The van der Waals surface area contributed by atoms with Gasteiger partial charge in [0.2, 0.25) is 0 Å². The predicted molar refractivity (Wildman–Crippen MR) is 77.1 cm³/mol. The third-order valence-electron chi connectivity index (χ3n) is 2.77. The van der Waals surface area contributed by atoms with E-state index in [1.54, 1.807) is 6.26 Å². The topological polar surface area (TPSA) is 41.8 Å². The fourth-order valence-electron chi connectivity index (χ4n) is 1.86. The first-order valence-electron chi connectivity index (χ1n) is 5.40. The fraction of sp³-hybridized carbons (Fsp3) is 0.0769. The van der Waals surface area contributed by atoms with Gasteiger partial charge in [0, 0.05) is 11.1 Å². The molecule has 0 saturated carbocycles. The van der Waals surface area contributed by atoms with Crippen molar-refractivity contribution in [3.05, 3.63) is 45.3 Å². The lowest BCUT2D eigenvalue weighted by atomic mass is 10.1. The van der Waals surface area contributed by atoms with Crippen molar-refractivity contribution < 1.29 is 4.42 Å². The van der Waals surface area contributed by atoms with E-state index in [9.17, 15) is 0 Å². The first-order chi connectivity index (χ1) is 8.66. The van der Waals surface area contributed by atoms with Gasteiger partial charge in [0.05, 0.1) is 10.0 Å². The van der Waals surface area contributed by atoms with E-state index in [0.29, 0.717) is 4.64 Å². The third-order valence-corrected chi connectivity index (χ3v) is 4.30. The largest absolute Gasteiger partial charge is 0.464 e. The summed E-state index contributed by atoms with van der Waals surface area (Å²) >= 11 is 8.62. The molecule has 0 unspecified atom stereocenters. The summed E-state index contributed by atoms with van der Waals surface area (Å²) in [5.41, 5.74) is 2.72. The minimum Gasteiger partial charge on any atom is -0.464 e. The Kier molecular flexibility index (Phi) is 2.80. The van der Waals surface area contributed by atoms with Gasteiger partial charge in [-0.15, -0.1) is 0 Å². The molecule has 3 rings (SSSR count). The SMILES string of the molecule is Cc1[nH]c(-c2coc3ccccc23)nc(=S)c1Br. The molecule has 0 aliphatic carbocycles. The van der Waals surface area contributed by atoms with Gasteiger partial charge in [-0.2, -0.15) is 0 Å². The molecule has 5 heteroatoms. The molecule has 0 radical (unpaired) electrons. The van der Waals surface area contributed by atoms with Crippen molar-refractivity contribution in [2.24, 2.45) is 0 Å². The molecule has 0 bridgehead atoms. The molecule has 0 fully saturated rings. The summed E-state index contributed by atoms with van der Waals surface area (Å²) in [5.74, 6) is 0.727. The highest BCUT2D eigenvalue weighted by atomic mass is 79.9. The van der Waals surface area contributed by atoms with E-state index in [1.165, 1.54) is 0 Å². The molecule has 3 aromatic rings. The molecule has 0 aliphatic rings. The van der Waals surface area contributed by atoms with Crippen LogP contribution >= 0.6 is 28.1 Å². The van der Waals surface area contributed by atoms with Crippen LogP contribution in [0.25, 0.3) is 22.4 Å². The highest BCUT2D eigenvalue weighted by Crippen LogP contribution is 2.29. The van der Waals surface area contributed by atoms with Crippen LogP contribution in [0.5, 0.6) is 0 Å². The summed E-state index contributed by atoms with van der Waals surface area (Å²) in [6.45, 7) is 1.95. The standard InChI is InChI=1S/C13H9BrN2OS/c1-7-11(14)13(18)16-12(15-7)9-6-17-10-5-3-2-4-8(9)10/h2-6H,1H3,(H,15,16,18). The number of hydrogen-bond acceptors (Lipinski definition) is 3. The van der Waals surface area contributed by atoms with Crippen molar-refractivity contribution in [3.63, 3.8) is 0 Å². The number of aryl methyl sites for hydroxylation is 1. The second-order valence-corrected chi connectivity index (χ2v) is 5.15. The van der Waals surface area contributed by atoms with Crippen LogP contribution in [-0.4, -0.2) is 9.97 Å². The van der Waals surface area contributed by atoms with Crippen molar-refractivity contribution in [2.75, 3.05) is 0 Å². The molecule has 1 N–H and O–H groups in total. The number of aromatic nitrogens is 2. The van der Waals surface area contributed by atoms with Crippen LogP contribution in [-0.2, 0) is 0 Å². The van der Waals surface area contributed by atoms with E-state index < -0.39 is 0 Å². The Labute approximate surface area is 117 Å². The smallest absolute Gasteiger partial charge is 0.144 e. The highest BCUT2D eigenvalue weighted by molar-refractivity contribution is 9.10. The number of halogens is 1. The summed E-state index contributed by atoms with van der Waals surface area (Å²) in [6.07, 6.45) is 1.70. The zero-order chi connectivity index (χ0) is 12.7. The molecule has 0 amide bonds. The Balaban J connectivity index is 2.30. The summed E-state index contributed by atoms with van der Waals surface area (Å²) in [6, 6.07) is 7.85. The van der Waals surface area contributed by atoms with Crippen LogP contribution in [0.15, 0.2) is 39.4 Å². The molecule has 2 heterocycles. The summed E-state index contributed by atoms with van der Waals surface area (Å²) in [4.78, 5) is 7.60. The van der Waals surface area contributed by atoms with Gasteiger partial charge in [-0.05, 0) is 28.9 Å². The van der Waals surface area contributed by atoms with Gasteiger partial charge in [0.1, 0.15) is 22.3 Å². The number of para-hydroxylation sites is 1. The molecule has 90 valence electrons. The number of nitrogens with one attached hydrogen (secondary N) is 1. The van der Waals surface area contributed by atoms with E-state index in [0.717, 1.165) is 32.5 Å². The molecule has 0 saturated heterocycles. The Bertz CT molecular complexity index is 791. The van der Waals surface area contributed by atoms with Gasteiger partial charge in [-0.1, -0.05) is 30.4 Å². The third kappa shape index (κ3) is 1.79. The summed E-state index contributed by atoms with van der Waals surface area (Å²) in [7, 11) is 0. The number of furan rings is 1. The average Bonchev–Trinajstić information content (AvgIpc) is 2.79. The highest BCUT2D eigenvalue weighted by Gasteiger charge is 2.11. The average molecular weight is 321 g/mol. The number of benzene rings is 1. The molecule has 0 atom stereocenters. The Morgan fingerprint density at radius 1 is 1.33 bits per heavy atom. The second kappa shape index (κ2) is 4.33. The van der Waals surface area contributed by atoms with Gasteiger partial charge < -0.3 is 9.40 Å². The molecule has 18 heavy (non-hydrogen) atoms. The quantitative estimate of drug-likeness (QED) is 0.665. The minimum absolute atomic E-state index is 0.548. The zero-order valence-electron chi connectivity index (χ0n) is 9.53. The second-order valence-electron chi connectivity index (χ2n) is 3.98. The number of H-pyrrole nitrogens is 1. The number of fused-ring (bicyclic) bond motifs is 1. The first kappa shape index (κ1) is 11.6. The van der Waals surface area contributed by atoms with Gasteiger partial charge in [-0.25, -0.2) is 4.98 Å². The molecule has 2 aromatic heterocycles. The van der Waals surface area contributed by atoms with Crippen molar-refractivity contribution in [3.8, 4) is 11.4 Å². The van der Waals surface area contributed by atoms with Crippen LogP contribution in [0.2, 0.25) is 0 Å². The van der Waals surface area contributed by atoms with Gasteiger partial charge >= 0.3 is 0 Å². The van der Waals surface area contributed by atoms with E-state index >= 15 is 0 Å². The van der Waals surface area contributed by atoms with Crippen molar-refractivity contribution in [1.29, 1.82) is 0 Å². The monoisotopic (exact) mass is 320 g/mol. The number of nitrogens with zero attached hydrogens (tertiary/aromatic N) is 1. The molecule has 0 spiro atoms. The molecular weight excluding hydrogens is 312 g/mol. The van der Waals surface area contributed by atoms with Crippen LogP contribution in [0.1, 0.15) is 5.69 Å². The van der Waals surface area contributed by atoms with E-state index in [1.807, 2.05) is 31.2 Å². The maximum atomic E-state index is 5.51. The normalized spacial score (nSPS) is 11.0. The van der Waals surface area contributed by atoms with Crippen LogP contribution in [0.4, 0.5) is 0 Å². The molecule has 1 aromatic carbocycles. The van der Waals surface area contributed by atoms with Crippen LogP contribution < -0.4 is 0 Å². The lowest BCUT2D eigenvalue weighted by Gasteiger charge is -2.03. The van der Waals surface area contributed by atoms with E-state index in [2.05, 4.69) is 25.9 Å². The van der Waals surface area contributed by atoms with Crippen molar-refractivity contribution >= 4 is 39.1 Å². The lowest BCUT2D eigenvalue weighted by Crippen LogP contribution is -1.93. The Morgan fingerprint density at radius 2 is 2.11 bits per heavy atom. The van der Waals surface area contributed by atoms with E-state index in [-0.39, 0.29) is 0 Å². The lowest BCUT2D eigenvalue weighted by molar-refractivity contribution is 0.616. The van der Waals surface area contributed by atoms with Gasteiger partial charge in [-0.3, -0.25) is 0 Å². The number of hydrogen-bond donors (Lipinski definition) is 1. The maximum Gasteiger partial charge on any atom is 0.144 e. The van der Waals surface area contributed by atoms with Gasteiger partial charge in [0.15, 0.2) is 0 Å². The van der Waals surface area contributed by atoms with Crippen LogP contribution in [0, 0.1) is 11.6 Å². The maximum absolute atomic E-state index is 5.51. The van der Waals surface area contributed by atoms with Crippen molar-refractivity contribution in [2.45, 2.75) is 6.92 Å². The first-order valence-corrected chi connectivity index (χ1v) is 6.60. The number of rotatable bonds is 1. The predicted octanol–water partition coefficient (Wildman–Crippen LogP) is 4.62. The zero-order valence-corrected chi connectivity index (χ0v) is 11.9. The summed E-state index contributed by atoms with van der Waals surface area (Å²) in [5, 5.41) is 1.03. The van der Waals surface area contributed by atoms with Crippen LogP contribution in [0.3, 0.4) is 0 Å². The van der Waals surface area contributed by atoms with Gasteiger partial charge in [0.25, 0.3) is 0 Å². The molecular formula is C13H9BrN2OS.